The van der Waals surface area contributed by atoms with Crippen LogP contribution >= 0.6 is 11.8 Å². The molecule has 0 aliphatic carbocycles. The molecular weight excluding hydrogens is 358 g/mol. The first-order valence-electron chi connectivity index (χ1n) is 8.66. The van der Waals surface area contributed by atoms with Gasteiger partial charge in [-0.3, -0.25) is 4.98 Å². The second-order valence-corrected chi connectivity index (χ2v) is 7.31. The summed E-state index contributed by atoms with van der Waals surface area (Å²) in [6.07, 6.45) is 4.32. The molecule has 6 nitrogen and oxygen atoms in total. The number of hydrogen-bond acceptors (Lipinski definition) is 6. The monoisotopic (exact) mass is 377 g/mol. The van der Waals surface area contributed by atoms with Crippen molar-refractivity contribution in [1.82, 2.24) is 24.9 Å². The van der Waals surface area contributed by atoms with Gasteiger partial charge in [-0.15, -0.1) is 10.2 Å². The molecule has 7 heteroatoms. The lowest BCUT2D eigenvalue weighted by atomic mass is 10.1. The van der Waals surface area contributed by atoms with Crippen LogP contribution in [0, 0.1) is 6.92 Å². The molecular formula is C20H19N5OS. The molecule has 4 rings (SSSR count). The van der Waals surface area contributed by atoms with Gasteiger partial charge in [-0.25, -0.2) is 0 Å². The van der Waals surface area contributed by atoms with Crippen molar-refractivity contribution in [2.75, 3.05) is 5.75 Å². The van der Waals surface area contributed by atoms with Crippen LogP contribution in [0.5, 0.6) is 0 Å². The summed E-state index contributed by atoms with van der Waals surface area (Å²) in [5.41, 5.74) is 4.20. The topological polar surface area (TPSA) is 69.6 Å². The van der Waals surface area contributed by atoms with Gasteiger partial charge >= 0.3 is 0 Å². The maximum Gasteiger partial charge on any atom is 0.191 e. The molecule has 0 aliphatic heterocycles. The third-order valence-corrected chi connectivity index (χ3v) is 5.25. The smallest absolute Gasteiger partial charge is 0.191 e. The van der Waals surface area contributed by atoms with Gasteiger partial charge in [0, 0.05) is 48.8 Å². The molecule has 0 saturated heterocycles. The maximum absolute atomic E-state index is 5.50. The quantitative estimate of drug-likeness (QED) is 0.470. The van der Waals surface area contributed by atoms with Gasteiger partial charge in [0.2, 0.25) is 0 Å². The molecule has 0 fully saturated rings. The Hall–Kier alpha value is -2.93. The molecule has 1 aromatic carbocycles. The zero-order chi connectivity index (χ0) is 18.6. The van der Waals surface area contributed by atoms with Gasteiger partial charge in [0.05, 0.1) is 5.69 Å². The van der Waals surface area contributed by atoms with Crippen LogP contribution in [0.3, 0.4) is 0 Å². The first-order chi connectivity index (χ1) is 13.2. The van der Waals surface area contributed by atoms with E-state index in [0.29, 0.717) is 0 Å². The molecule has 0 radical (unpaired) electrons. The Morgan fingerprint density at radius 1 is 1.04 bits per heavy atom. The normalized spacial score (nSPS) is 11.0. The number of nitrogens with zero attached hydrogens (tertiary/aromatic N) is 5. The first kappa shape index (κ1) is 17.5. The summed E-state index contributed by atoms with van der Waals surface area (Å²) in [5.74, 6) is 2.49. The number of aromatic nitrogens is 5. The van der Waals surface area contributed by atoms with Crippen molar-refractivity contribution in [3.05, 3.63) is 66.1 Å². The molecule has 0 N–H and O–H groups in total. The molecule has 3 heterocycles. The number of hydrogen-bond donors (Lipinski definition) is 0. The highest BCUT2D eigenvalue weighted by atomic mass is 32.2. The Kier molecular flexibility index (Phi) is 5.02. The number of rotatable bonds is 6. The fourth-order valence-electron chi connectivity index (χ4n) is 2.80. The van der Waals surface area contributed by atoms with Crippen molar-refractivity contribution in [3.63, 3.8) is 0 Å². The number of pyridine rings is 1. The van der Waals surface area contributed by atoms with Gasteiger partial charge in [-0.05, 0) is 25.1 Å². The molecule has 0 spiro atoms. The van der Waals surface area contributed by atoms with E-state index in [-0.39, 0.29) is 0 Å². The Balaban J connectivity index is 1.39. The lowest BCUT2D eigenvalue weighted by molar-refractivity contribution is 0.424. The fraction of sp³-hybridized carbons (Fsp3) is 0.200. The van der Waals surface area contributed by atoms with Crippen LogP contribution in [0.15, 0.2) is 64.5 Å². The van der Waals surface area contributed by atoms with Crippen LogP contribution in [-0.4, -0.2) is 30.7 Å². The summed E-state index contributed by atoms with van der Waals surface area (Å²) in [6, 6.07) is 14.1. The second kappa shape index (κ2) is 7.75. The minimum atomic E-state index is 0.803. The SMILES string of the molecule is Cc1cccc(-c2cc(CCSc3nnc(-c4ccncc4)n3C)no2)c1. The average molecular weight is 377 g/mol. The van der Waals surface area contributed by atoms with Crippen molar-refractivity contribution in [3.8, 4) is 22.7 Å². The predicted octanol–water partition coefficient (Wildman–Crippen LogP) is 4.18. The second-order valence-electron chi connectivity index (χ2n) is 6.25. The van der Waals surface area contributed by atoms with Gasteiger partial charge in [-0.1, -0.05) is 40.7 Å². The first-order valence-corrected chi connectivity index (χ1v) is 9.64. The predicted molar refractivity (Wildman–Crippen MR) is 105 cm³/mol. The van der Waals surface area contributed by atoms with Gasteiger partial charge in [-0.2, -0.15) is 0 Å². The van der Waals surface area contributed by atoms with Gasteiger partial charge in [0.25, 0.3) is 0 Å². The molecule has 0 amide bonds. The van der Waals surface area contributed by atoms with E-state index in [1.54, 1.807) is 24.2 Å². The molecule has 136 valence electrons. The van der Waals surface area contributed by atoms with Crippen molar-refractivity contribution < 1.29 is 4.52 Å². The highest BCUT2D eigenvalue weighted by Crippen LogP contribution is 2.24. The van der Waals surface area contributed by atoms with Crippen LogP contribution in [-0.2, 0) is 13.5 Å². The van der Waals surface area contributed by atoms with E-state index in [4.69, 9.17) is 4.52 Å². The standard InChI is InChI=1S/C20H19N5OS/c1-14-4-3-5-16(12-14)18-13-17(24-26-18)8-11-27-20-23-22-19(25(20)2)15-6-9-21-10-7-15/h3-7,9-10,12-13H,8,11H2,1-2H3. The van der Waals surface area contributed by atoms with Crippen molar-refractivity contribution >= 4 is 11.8 Å². The van der Waals surface area contributed by atoms with Crippen molar-refractivity contribution in [2.45, 2.75) is 18.5 Å². The van der Waals surface area contributed by atoms with Crippen molar-refractivity contribution in [1.29, 1.82) is 0 Å². The van der Waals surface area contributed by atoms with Crippen LogP contribution in [0.2, 0.25) is 0 Å². The summed E-state index contributed by atoms with van der Waals surface area (Å²) in [6.45, 7) is 2.07. The van der Waals surface area contributed by atoms with E-state index in [1.165, 1.54) is 5.56 Å². The van der Waals surface area contributed by atoms with Crippen LogP contribution in [0.1, 0.15) is 11.3 Å². The van der Waals surface area contributed by atoms with E-state index in [9.17, 15) is 0 Å². The average Bonchev–Trinajstić information content (AvgIpc) is 3.30. The minimum Gasteiger partial charge on any atom is -0.356 e. The van der Waals surface area contributed by atoms with E-state index in [2.05, 4.69) is 39.4 Å². The molecule has 0 aliphatic rings. The summed E-state index contributed by atoms with van der Waals surface area (Å²) in [4.78, 5) is 4.04. The lowest BCUT2D eigenvalue weighted by Crippen LogP contribution is -1.96. The third-order valence-electron chi connectivity index (χ3n) is 4.22. The van der Waals surface area contributed by atoms with Crippen molar-refractivity contribution in [2.24, 2.45) is 7.05 Å². The van der Waals surface area contributed by atoms with E-state index in [0.717, 1.165) is 45.7 Å². The number of aryl methyl sites for hydroxylation is 2. The Morgan fingerprint density at radius 3 is 2.70 bits per heavy atom. The summed E-state index contributed by atoms with van der Waals surface area (Å²) < 4.78 is 7.50. The summed E-state index contributed by atoms with van der Waals surface area (Å²) >= 11 is 1.66. The third kappa shape index (κ3) is 3.93. The molecule has 27 heavy (non-hydrogen) atoms. The van der Waals surface area contributed by atoms with E-state index in [1.807, 2.05) is 41.9 Å². The van der Waals surface area contributed by atoms with Gasteiger partial charge < -0.3 is 9.09 Å². The Bertz CT molecular complexity index is 1040. The lowest BCUT2D eigenvalue weighted by Gasteiger charge is -2.03. The largest absolute Gasteiger partial charge is 0.356 e. The molecule has 3 aromatic heterocycles. The minimum absolute atomic E-state index is 0.803. The zero-order valence-electron chi connectivity index (χ0n) is 15.2. The van der Waals surface area contributed by atoms with Gasteiger partial charge in [0.1, 0.15) is 0 Å². The number of benzene rings is 1. The highest BCUT2D eigenvalue weighted by molar-refractivity contribution is 7.99. The van der Waals surface area contributed by atoms with Crippen LogP contribution < -0.4 is 0 Å². The Morgan fingerprint density at radius 2 is 1.89 bits per heavy atom. The highest BCUT2D eigenvalue weighted by Gasteiger charge is 2.12. The summed E-state index contributed by atoms with van der Waals surface area (Å²) in [7, 11) is 1.98. The fourth-order valence-corrected chi connectivity index (χ4v) is 3.68. The number of thioether (sulfide) groups is 1. The van der Waals surface area contributed by atoms with E-state index >= 15 is 0 Å². The Labute approximate surface area is 161 Å². The van der Waals surface area contributed by atoms with Gasteiger partial charge in [0.15, 0.2) is 16.7 Å². The van der Waals surface area contributed by atoms with Crippen LogP contribution in [0.25, 0.3) is 22.7 Å². The summed E-state index contributed by atoms with van der Waals surface area (Å²) in [5, 5.41) is 13.7. The van der Waals surface area contributed by atoms with Crippen LogP contribution in [0.4, 0.5) is 0 Å². The van der Waals surface area contributed by atoms with E-state index < -0.39 is 0 Å². The molecule has 0 saturated carbocycles. The zero-order valence-corrected chi connectivity index (χ0v) is 16.0. The molecule has 0 atom stereocenters. The molecule has 0 unspecified atom stereocenters. The molecule has 4 aromatic rings. The maximum atomic E-state index is 5.50. The molecule has 0 bridgehead atoms.